The van der Waals surface area contributed by atoms with Crippen molar-refractivity contribution in [2.45, 2.75) is 12.3 Å². The number of ether oxygens (including phenoxy) is 1. The van der Waals surface area contributed by atoms with Crippen LogP contribution >= 0.6 is 11.6 Å². The molecular formula is C26H26ClFN6O5S. The van der Waals surface area contributed by atoms with Crippen molar-refractivity contribution in [2.75, 3.05) is 17.5 Å². The van der Waals surface area contributed by atoms with Gasteiger partial charge in [-0.25, -0.2) is 8.60 Å². The van der Waals surface area contributed by atoms with Crippen LogP contribution in [0.1, 0.15) is 27.0 Å². The maximum atomic E-state index is 13.6. The Morgan fingerprint density at radius 1 is 1.00 bits per heavy atom. The molecule has 3 aromatic rings. The number of amidine groups is 1. The molecule has 11 nitrogen and oxygen atoms in total. The molecule has 0 heterocycles. The number of nitrogen functional groups attached to an aromatic ring is 1. The summed E-state index contributed by atoms with van der Waals surface area (Å²) in [7, 11) is -1.87. The highest BCUT2D eigenvalue weighted by Gasteiger charge is 2.20. The van der Waals surface area contributed by atoms with E-state index in [0.717, 1.165) is 0 Å². The molecule has 210 valence electrons. The number of hydrogen-bond donors (Lipinski definition) is 5. The highest BCUT2D eigenvalue weighted by atomic mass is 35.5. The van der Waals surface area contributed by atoms with Crippen molar-refractivity contribution in [1.82, 2.24) is 5.32 Å². The van der Waals surface area contributed by atoms with Crippen molar-refractivity contribution in [3.05, 3.63) is 93.8 Å². The number of carbonyl (C=O) groups is 3. The molecule has 8 N–H and O–H groups in total. The summed E-state index contributed by atoms with van der Waals surface area (Å²) in [4.78, 5) is 36.0. The number of benzene rings is 3. The lowest BCUT2D eigenvalue weighted by Gasteiger charge is -2.23. The zero-order chi connectivity index (χ0) is 29.4. The van der Waals surface area contributed by atoms with E-state index >= 15 is 0 Å². The number of carbonyl (C=O) groups excluding carboxylic acids is 3. The van der Waals surface area contributed by atoms with Crippen LogP contribution in [0.2, 0.25) is 5.02 Å². The number of amides is 3. The molecule has 0 fully saturated rings. The molecule has 0 aromatic heterocycles. The molecule has 14 heteroatoms. The minimum atomic E-state index is -1.87. The number of nitrogens with two attached hydrogens (primary N) is 3. The number of primary amides is 2. The SMILES string of the molecule is N=C(N)c1ccc(CNC(=O)c2cc(Cl)cc(N(CC(N)=O)S(=O)Cc3cccc(F)c3)c2)c(OCC(N)=O)c1. The molecule has 0 aliphatic carbocycles. The van der Waals surface area contributed by atoms with E-state index in [9.17, 15) is 23.0 Å². The first-order valence-electron chi connectivity index (χ1n) is 11.6. The molecule has 0 aliphatic rings. The molecule has 0 spiro atoms. The first-order valence-corrected chi connectivity index (χ1v) is 13.2. The summed E-state index contributed by atoms with van der Waals surface area (Å²) in [5.41, 5.74) is 17.6. The van der Waals surface area contributed by atoms with Crippen LogP contribution < -0.4 is 31.6 Å². The molecule has 1 atom stereocenters. The van der Waals surface area contributed by atoms with E-state index in [2.05, 4.69) is 5.32 Å². The Hall–Kier alpha value is -4.49. The lowest BCUT2D eigenvalue weighted by atomic mass is 10.1. The van der Waals surface area contributed by atoms with Crippen LogP contribution in [0, 0.1) is 11.2 Å². The molecule has 0 radical (unpaired) electrons. The fourth-order valence-corrected chi connectivity index (χ4v) is 5.01. The van der Waals surface area contributed by atoms with Gasteiger partial charge in [0.1, 0.15) is 34.9 Å². The first-order chi connectivity index (χ1) is 18.9. The van der Waals surface area contributed by atoms with Crippen molar-refractivity contribution in [1.29, 1.82) is 5.41 Å². The summed E-state index contributed by atoms with van der Waals surface area (Å²) in [5.74, 6) is -2.73. The Morgan fingerprint density at radius 2 is 1.75 bits per heavy atom. The molecule has 40 heavy (non-hydrogen) atoms. The Labute approximate surface area is 236 Å². The van der Waals surface area contributed by atoms with Crippen LogP contribution in [0.3, 0.4) is 0 Å². The van der Waals surface area contributed by atoms with E-state index in [-0.39, 0.29) is 40.2 Å². The van der Waals surface area contributed by atoms with Gasteiger partial charge in [-0.2, -0.15) is 0 Å². The number of anilines is 1. The number of nitrogens with one attached hydrogen (secondary N) is 2. The predicted molar refractivity (Wildman–Crippen MR) is 150 cm³/mol. The Bertz CT molecular complexity index is 1490. The van der Waals surface area contributed by atoms with Gasteiger partial charge in [-0.05, 0) is 42.0 Å². The molecular weight excluding hydrogens is 563 g/mol. The molecule has 0 saturated carbocycles. The zero-order valence-electron chi connectivity index (χ0n) is 21.0. The van der Waals surface area contributed by atoms with E-state index < -0.39 is 47.7 Å². The largest absolute Gasteiger partial charge is 0.483 e. The van der Waals surface area contributed by atoms with Crippen LogP contribution in [0.25, 0.3) is 0 Å². The zero-order valence-corrected chi connectivity index (χ0v) is 22.6. The van der Waals surface area contributed by atoms with Gasteiger partial charge in [-0.1, -0.05) is 35.9 Å². The number of rotatable bonds is 13. The van der Waals surface area contributed by atoms with Crippen LogP contribution in [-0.2, 0) is 32.9 Å². The maximum absolute atomic E-state index is 13.6. The van der Waals surface area contributed by atoms with Gasteiger partial charge in [0, 0.05) is 28.3 Å². The Balaban J connectivity index is 1.83. The van der Waals surface area contributed by atoms with Gasteiger partial charge < -0.3 is 27.3 Å². The van der Waals surface area contributed by atoms with Gasteiger partial charge in [0.05, 0.1) is 11.4 Å². The fourth-order valence-electron chi connectivity index (χ4n) is 3.55. The monoisotopic (exact) mass is 588 g/mol. The summed E-state index contributed by atoms with van der Waals surface area (Å²) < 4.78 is 33.4. The minimum absolute atomic E-state index is 0.0521. The highest BCUT2D eigenvalue weighted by Crippen LogP contribution is 2.26. The van der Waals surface area contributed by atoms with Crippen molar-refractivity contribution < 1.29 is 27.7 Å². The van der Waals surface area contributed by atoms with Crippen LogP contribution in [0.4, 0.5) is 10.1 Å². The number of hydrogen-bond acceptors (Lipinski definition) is 6. The Kier molecular flexibility index (Phi) is 10.2. The van der Waals surface area contributed by atoms with Crippen molar-refractivity contribution in [3.8, 4) is 5.75 Å². The topological polar surface area (TPSA) is 195 Å². The molecule has 3 amide bonds. The maximum Gasteiger partial charge on any atom is 0.255 e. The third-order valence-electron chi connectivity index (χ3n) is 5.34. The molecule has 0 saturated heterocycles. The minimum Gasteiger partial charge on any atom is -0.483 e. The third kappa shape index (κ3) is 8.51. The van der Waals surface area contributed by atoms with Gasteiger partial charge >= 0.3 is 0 Å². The second-order valence-electron chi connectivity index (χ2n) is 8.47. The normalized spacial score (nSPS) is 11.3. The molecule has 3 rings (SSSR count). The van der Waals surface area contributed by atoms with Gasteiger partial charge in [0.15, 0.2) is 6.61 Å². The lowest BCUT2D eigenvalue weighted by Crippen LogP contribution is -2.36. The van der Waals surface area contributed by atoms with Gasteiger partial charge in [-0.3, -0.25) is 24.1 Å². The highest BCUT2D eigenvalue weighted by molar-refractivity contribution is 7.85. The average molecular weight is 589 g/mol. The van der Waals surface area contributed by atoms with Gasteiger partial charge in [0.2, 0.25) is 5.91 Å². The smallest absolute Gasteiger partial charge is 0.255 e. The van der Waals surface area contributed by atoms with Crippen molar-refractivity contribution in [2.24, 2.45) is 17.2 Å². The van der Waals surface area contributed by atoms with E-state index in [1.807, 2.05) is 0 Å². The van der Waals surface area contributed by atoms with E-state index in [1.165, 1.54) is 46.8 Å². The van der Waals surface area contributed by atoms with E-state index in [1.54, 1.807) is 18.2 Å². The van der Waals surface area contributed by atoms with Gasteiger partial charge in [0.25, 0.3) is 11.8 Å². The Morgan fingerprint density at radius 3 is 2.40 bits per heavy atom. The van der Waals surface area contributed by atoms with E-state index in [4.69, 9.17) is 38.9 Å². The quantitative estimate of drug-likeness (QED) is 0.149. The number of halogens is 2. The van der Waals surface area contributed by atoms with Gasteiger partial charge in [-0.15, -0.1) is 0 Å². The fraction of sp³-hybridized carbons (Fsp3) is 0.154. The van der Waals surface area contributed by atoms with Crippen LogP contribution in [0.5, 0.6) is 5.75 Å². The van der Waals surface area contributed by atoms with Crippen molar-refractivity contribution >= 4 is 51.8 Å². The molecule has 0 aliphatic heterocycles. The van der Waals surface area contributed by atoms with E-state index in [0.29, 0.717) is 16.7 Å². The summed E-state index contributed by atoms with van der Waals surface area (Å²) in [5, 5.41) is 10.4. The summed E-state index contributed by atoms with van der Waals surface area (Å²) in [6.07, 6.45) is 0. The summed E-state index contributed by atoms with van der Waals surface area (Å²) >= 11 is 6.25. The average Bonchev–Trinajstić information content (AvgIpc) is 2.88. The van der Waals surface area contributed by atoms with Crippen molar-refractivity contribution in [3.63, 3.8) is 0 Å². The summed E-state index contributed by atoms with van der Waals surface area (Å²) in [6, 6.07) is 14.3. The second kappa shape index (κ2) is 13.5. The molecule has 1 unspecified atom stereocenters. The first kappa shape index (κ1) is 30.1. The summed E-state index contributed by atoms with van der Waals surface area (Å²) in [6.45, 7) is -0.932. The third-order valence-corrected chi connectivity index (χ3v) is 6.97. The molecule has 0 bridgehead atoms. The lowest BCUT2D eigenvalue weighted by molar-refractivity contribution is -0.120. The standard InChI is InChI=1S/C26H26ClFN6O5S/c27-19-7-18(26(37)33-11-17-5-4-16(25(31)32)9-22(17)39-13-24(30)36)8-21(10-19)34(12-23(29)35)40(38)14-15-2-1-3-20(28)6-15/h1-10H,11-14H2,(H2,29,35)(H2,30,36)(H3,31,32)(H,33,37). The number of nitrogens with zero attached hydrogens (tertiary/aromatic N) is 1. The van der Waals surface area contributed by atoms with Crippen LogP contribution in [0.15, 0.2) is 60.7 Å². The molecule has 3 aromatic carbocycles. The second-order valence-corrected chi connectivity index (χ2v) is 10.3. The predicted octanol–water partition coefficient (Wildman–Crippen LogP) is 1.71. The van der Waals surface area contributed by atoms with Crippen LogP contribution in [-0.4, -0.2) is 40.9 Å².